The van der Waals surface area contributed by atoms with E-state index < -0.39 is 0 Å². The van der Waals surface area contributed by atoms with Gasteiger partial charge in [-0.1, -0.05) is 31.9 Å². The van der Waals surface area contributed by atoms with E-state index in [1.54, 1.807) is 22.7 Å². The lowest BCUT2D eigenvalue weighted by Crippen LogP contribution is -2.40. The fourth-order valence-corrected chi connectivity index (χ4v) is 5.62. The fourth-order valence-electron chi connectivity index (χ4n) is 3.51. The van der Waals surface area contributed by atoms with Gasteiger partial charge in [0.25, 0.3) is 0 Å². The average Bonchev–Trinajstić information content (AvgIpc) is 3.49. The van der Waals surface area contributed by atoms with Gasteiger partial charge >= 0.3 is 0 Å². The molecule has 0 unspecified atom stereocenters. The first kappa shape index (κ1) is 17.9. The normalized spacial score (nSPS) is 11.8. The number of rotatable bonds is 7. The lowest BCUT2D eigenvalue weighted by molar-refractivity contribution is -0.804. The van der Waals surface area contributed by atoms with Crippen molar-refractivity contribution in [2.24, 2.45) is 0 Å². The zero-order valence-electron chi connectivity index (χ0n) is 15.5. The largest absolute Gasteiger partial charge is 0.186 e. The molecule has 8 heteroatoms. The van der Waals surface area contributed by atoms with Crippen molar-refractivity contribution >= 4 is 56.5 Å². The smallest absolute Gasteiger partial charge is 0.162 e. The Morgan fingerprint density at radius 3 is 2.29 bits per heavy atom. The highest BCUT2D eigenvalue weighted by Gasteiger charge is 2.22. The third kappa shape index (κ3) is 3.05. The fraction of sp³-hybridized carbons (Fsp3) is 0.300. The van der Waals surface area contributed by atoms with E-state index >= 15 is 0 Å². The molecular formula is C20H19N5S3. The van der Waals surface area contributed by atoms with Crippen molar-refractivity contribution in [1.29, 1.82) is 0 Å². The molecule has 5 aromatic rings. The summed E-state index contributed by atoms with van der Waals surface area (Å²) in [5, 5.41) is 14.0. The van der Waals surface area contributed by atoms with E-state index in [1.165, 1.54) is 40.7 Å². The maximum atomic E-state index is 4.92. The number of aryl methyl sites for hydroxylation is 1. The van der Waals surface area contributed by atoms with Crippen LogP contribution in [0.5, 0.6) is 0 Å². The molecule has 1 aromatic carbocycles. The van der Waals surface area contributed by atoms with Crippen LogP contribution in [0.4, 0.5) is 0 Å². The molecule has 0 spiro atoms. The molecule has 0 atom stereocenters. The van der Waals surface area contributed by atoms with Crippen LogP contribution in [0.1, 0.15) is 32.6 Å². The monoisotopic (exact) mass is 425 g/mol. The summed E-state index contributed by atoms with van der Waals surface area (Å²) in [5.41, 5.74) is 5.86. The van der Waals surface area contributed by atoms with Gasteiger partial charge in [0.2, 0.25) is 0 Å². The lowest BCUT2D eigenvalue weighted by Gasteiger charge is -2.07. The number of hydrogen-bond acceptors (Lipinski definition) is 6. The SMILES string of the molecule is CCCCCC[n+]1nc2c(-c3cccs3)c3nsnc3c(-c3cccs3)c2[n-]1. The van der Waals surface area contributed by atoms with E-state index in [4.69, 9.17) is 10.2 Å². The van der Waals surface area contributed by atoms with E-state index in [-0.39, 0.29) is 0 Å². The van der Waals surface area contributed by atoms with E-state index in [9.17, 15) is 0 Å². The van der Waals surface area contributed by atoms with E-state index in [0.29, 0.717) is 0 Å². The lowest BCUT2D eigenvalue weighted by atomic mass is 10.0. The van der Waals surface area contributed by atoms with Gasteiger partial charge in [-0.25, -0.2) is 0 Å². The molecule has 0 bridgehead atoms. The van der Waals surface area contributed by atoms with Gasteiger partial charge in [0.05, 0.1) is 11.7 Å². The molecule has 0 fully saturated rings. The number of hydrogen-bond donors (Lipinski definition) is 0. The van der Waals surface area contributed by atoms with E-state index in [2.05, 4.69) is 50.7 Å². The first-order valence-electron chi connectivity index (χ1n) is 9.47. The molecule has 0 amide bonds. The molecule has 0 aliphatic heterocycles. The van der Waals surface area contributed by atoms with Gasteiger partial charge in [0, 0.05) is 38.3 Å². The van der Waals surface area contributed by atoms with Gasteiger partial charge < -0.3 is 0 Å². The van der Waals surface area contributed by atoms with Gasteiger partial charge in [-0.05, 0) is 29.3 Å². The zero-order chi connectivity index (χ0) is 18.9. The highest BCUT2D eigenvalue weighted by molar-refractivity contribution is 7.14. The van der Waals surface area contributed by atoms with Crippen LogP contribution in [0.15, 0.2) is 35.0 Å². The number of thiophene rings is 2. The quantitative estimate of drug-likeness (QED) is 0.254. The summed E-state index contributed by atoms with van der Waals surface area (Å²) in [6.07, 6.45) is 4.79. The number of nitrogens with zero attached hydrogens (tertiary/aromatic N) is 5. The predicted molar refractivity (Wildman–Crippen MR) is 117 cm³/mol. The van der Waals surface area contributed by atoms with Crippen molar-refractivity contribution < 1.29 is 4.80 Å². The first-order valence-corrected chi connectivity index (χ1v) is 12.0. The topological polar surface area (TPSA) is 56.6 Å². The van der Waals surface area contributed by atoms with Gasteiger partial charge in [0.15, 0.2) is 6.54 Å². The first-order chi connectivity index (χ1) is 13.9. The van der Waals surface area contributed by atoms with Gasteiger partial charge in [-0.2, -0.15) is 23.7 Å². The maximum absolute atomic E-state index is 4.92. The van der Waals surface area contributed by atoms with Crippen molar-refractivity contribution in [2.45, 2.75) is 39.2 Å². The second-order valence-electron chi connectivity index (χ2n) is 6.72. The molecule has 0 saturated carbocycles. The number of benzene rings is 1. The van der Waals surface area contributed by atoms with Crippen LogP contribution in [0.2, 0.25) is 0 Å². The summed E-state index contributed by atoms with van der Waals surface area (Å²) in [6, 6.07) is 8.40. The average molecular weight is 426 g/mol. The minimum atomic E-state index is 0.843. The molecule has 0 saturated heterocycles. The molecular weight excluding hydrogens is 406 g/mol. The summed E-state index contributed by atoms with van der Waals surface area (Å²) < 4.78 is 9.31. The Hall–Kier alpha value is -2.16. The van der Waals surface area contributed by atoms with Gasteiger partial charge in [-0.15, -0.1) is 22.7 Å². The van der Waals surface area contributed by atoms with Crippen LogP contribution in [0, 0.1) is 0 Å². The molecule has 0 aliphatic carbocycles. The Bertz CT molecular complexity index is 1120. The third-order valence-electron chi connectivity index (χ3n) is 4.84. The minimum Gasteiger partial charge on any atom is -0.186 e. The highest BCUT2D eigenvalue weighted by atomic mass is 32.1. The van der Waals surface area contributed by atoms with Crippen LogP contribution in [-0.2, 0) is 6.54 Å². The highest BCUT2D eigenvalue weighted by Crippen LogP contribution is 2.42. The summed E-state index contributed by atoms with van der Waals surface area (Å²) in [6.45, 7) is 3.07. The summed E-state index contributed by atoms with van der Waals surface area (Å²) in [7, 11) is 0. The second kappa shape index (κ2) is 7.69. The van der Waals surface area contributed by atoms with E-state index in [1.807, 2.05) is 4.80 Å². The van der Waals surface area contributed by atoms with Crippen LogP contribution >= 0.6 is 34.4 Å². The molecule has 5 rings (SSSR count). The Morgan fingerprint density at radius 1 is 0.893 bits per heavy atom. The molecule has 142 valence electrons. The van der Waals surface area contributed by atoms with Crippen LogP contribution in [0.3, 0.4) is 0 Å². The number of unbranched alkanes of at least 4 members (excludes halogenated alkanes) is 3. The van der Waals surface area contributed by atoms with Crippen LogP contribution in [-0.4, -0.2) is 13.8 Å². The Labute approximate surface area is 175 Å². The molecule has 0 radical (unpaired) electrons. The minimum absolute atomic E-state index is 0.843. The predicted octanol–water partition coefficient (Wildman–Crippen LogP) is 5.52. The van der Waals surface area contributed by atoms with Crippen molar-refractivity contribution in [1.82, 2.24) is 18.9 Å². The number of fused-ring (bicyclic) bond motifs is 2. The molecule has 4 aromatic heterocycles. The maximum Gasteiger partial charge on any atom is 0.162 e. The van der Waals surface area contributed by atoms with Gasteiger partial charge in [-0.3, -0.25) is 0 Å². The van der Waals surface area contributed by atoms with E-state index in [0.717, 1.165) is 46.2 Å². The standard InChI is InChI=1S/C20H19N5S3/c1-2-3-4-5-10-25-21-17-15(13-8-6-11-26-13)19-20(24-28-23-19)16(18(17)22-25)14-9-7-12-27-14/h6-9,11-12H,2-5,10H2,1H3. The van der Waals surface area contributed by atoms with Gasteiger partial charge in [0.1, 0.15) is 11.0 Å². The second-order valence-corrected chi connectivity index (χ2v) is 9.14. The molecule has 4 heterocycles. The van der Waals surface area contributed by atoms with Crippen LogP contribution < -0.4 is 9.90 Å². The van der Waals surface area contributed by atoms with Crippen molar-refractivity contribution in [3.63, 3.8) is 0 Å². The molecule has 0 aliphatic rings. The molecule has 0 N–H and O–H groups in total. The summed E-state index contributed by atoms with van der Waals surface area (Å²) >= 11 is 4.68. The van der Waals surface area contributed by atoms with Crippen molar-refractivity contribution in [2.75, 3.05) is 0 Å². The summed E-state index contributed by atoms with van der Waals surface area (Å²) in [5.74, 6) is 0. The third-order valence-corrected chi connectivity index (χ3v) is 7.14. The molecule has 28 heavy (non-hydrogen) atoms. The van der Waals surface area contributed by atoms with Crippen LogP contribution in [0.25, 0.3) is 42.9 Å². The molecule has 5 nitrogen and oxygen atoms in total. The number of aromatic nitrogens is 5. The Balaban J connectivity index is 1.75. The van der Waals surface area contributed by atoms with Crippen molar-refractivity contribution in [3.8, 4) is 20.9 Å². The van der Waals surface area contributed by atoms with Crippen molar-refractivity contribution in [3.05, 3.63) is 35.0 Å². The zero-order valence-corrected chi connectivity index (χ0v) is 17.9. The Kier molecular flexibility index (Phi) is 4.92. The Morgan fingerprint density at radius 2 is 1.61 bits per heavy atom. The summed E-state index contributed by atoms with van der Waals surface area (Å²) in [4.78, 5) is 4.20.